The van der Waals surface area contributed by atoms with Gasteiger partial charge in [0.15, 0.2) is 0 Å². The average Bonchev–Trinajstić information content (AvgIpc) is 3.21. The molecule has 3 fully saturated rings. The van der Waals surface area contributed by atoms with Crippen LogP contribution in [0.15, 0.2) is 18.2 Å². The zero-order valence-electron chi connectivity index (χ0n) is 16.7. The van der Waals surface area contributed by atoms with Gasteiger partial charge in [0.25, 0.3) is 0 Å². The predicted octanol–water partition coefficient (Wildman–Crippen LogP) is 2.36. The summed E-state index contributed by atoms with van der Waals surface area (Å²) in [6.45, 7) is 3.24. The first kappa shape index (κ1) is 21.1. The standard InChI is InChI=1S/C20H18F3N3O5/c1-18-7-12(25-17(29)30-3)19(2,31-18)14-13(18)15(27)26(16(14)28)10-5-4-9(8-24)11(6-10)20(21,22)23/h4-6,12-14H,7H2,1-3H3,(H,25,29)/t12-,13-,14+,18+,19+/m0/s1. The molecule has 0 unspecified atom stereocenters. The lowest BCUT2D eigenvalue weighted by molar-refractivity contribution is -0.138. The minimum absolute atomic E-state index is 0.230. The van der Waals surface area contributed by atoms with Gasteiger partial charge in [0.05, 0.1) is 59.1 Å². The lowest BCUT2D eigenvalue weighted by atomic mass is 9.66. The molecule has 0 aliphatic carbocycles. The number of carbonyl (C=O) groups is 3. The highest BCUT2D eigenvalue weighted by Crippen LogP contribution is 2.61. The van der Waals surface area contributed by atoms with E-state index in [9.17, 15) is 27.6 Å². The van der Waals surface area contributed by atoms with Crippen molar-refractivity contribution in [2.75, 3.05) is 12.0 Å². The molecule has 11 heteroatoms. The molecular formula is C20H18F3N3O5. The fourth-order valence-electron chi connectivity index (χ4n) is 5.21. The minimum Gasteiger partial charge on any atom is -0.453 e. The monoisotopic (exact) mass is 437 g/mol. The van der Waals surface area contributed by atoms with Gasteiger partial charge in [-0.15, -0.1) is 0 Å². The zero-order valence-corrected chi connectivity index (χ0v) is 16.7. The van der Waals surface area contributed by atoms with Crippen molar-refractivity contribution in [3.8, 4) is 6.07 Å². The molecule has 5 atom stereocenters. The second-order valence-corrected chi connectivity index (χ2v) is 8.30. The summed E-state index contributed by atoms with van der Waals surface area (Å²) in [6, 6.07) is 3.54. The van der Waals surface area contributed by atoms with Gasteiger partial charge in [0.2, 0.25) is 11.8 Å². The number of alkyl carbamates (subject to hydrolysis) is 1. The summed E-state index contributed by atoms with van der Waals surface area (Å²) >= 11 is 0. The van der Waals surface area contributed by atoms with E-state index in [2.05, 4.69) is 10.1 Å². The Bertz CT molecular complexity index is 1050. The smallest absolute Gasteiger partial charge is 0.417 e. The van der Waals surface area contributed by atoms with E-state index in [0.29, 0.717) is 6.07 Å². The van der Waals surface area contributed by atoms with E-state index in [-0.39, 0.29) is 12.1 Å². The maximum Gasteiger partial charge on any atom is 0.417 e. The molecule has 1 N–H and O–H groups in total. The molecule has 3 aliphatic heterocycles. The van der Waals surface area contributed by atoms with Gasteiger partial charge in [0, 0.05) is 6.42 Å². The number of imide groups is 1. The first-order valence-electron chi connectivity index (χ1n) is 9.41. The van der Waals surface area contributed by atoms with Crippen molar-refractivity contribution >= 4 is 23.6 Å². The quantitative estimate of drug-likeness (QED) is 0.712. The molecule has 3 aliphatic rings. The first-order valence-corrected chi connectivity index (χ1v) is 9.41. The van der Waals surface area contributed by atoms with E-state index in [1.54, 1.807) is 13.8 Å². The second kappa shape index (κ2) is 6.43. The third-order valence-electron chi connectivity index (χ3n) is 6.50. The topological polar surface area (TPSA) is 109 Å². The van der Waals surface area contributed by atoms with Gasteiger partial charge in [-0.25, -0.2) is 9.69 Å². The fourth-order valence-corrected chi connectivity index (χ4v) is 5.21. The Labute approximate surface area is 174 Å². The molecule has 2 bridgehead atoms. The number of anilines is 1. The van der Waals surface area contributed by atoms with Gasteiger partial charge in [-0.1, -0.05) is 0 Å². The molecule has 3 saturated heterocycles. The number of fused-ring (bicyclic) bond motifs is 5. The first-order chi connectivity index (χ1) is 14.4. The molecule has 31 heavy (non-hydrogen) atoms. The molecule has 0 radical (unpaired) electrons. The van der Waals surface area contributed by atoms with Gasteiger partial charge in [-0.2, -0.15) is 18.4 Å². The van der Waals surface area contributed by atoms with Crippen molar-refractivity contribution in [3.05, 3.63) is 29.3 Å². The van der Waals surface area contributed by atoms with Crippen molar-refractivity contribution < 1.29 is 37.0 Å². The number of ether oxygens (including phenoxy) is 2. The van der Waals surface area contributed by atoms with Gasteiger partial charge in [-0.05, 0) is 32.0 Å². The van der Waals surface area contributed by atoms with Crippen LogP contribution in [0.25, 0.3) is 0 Å². The Hall–Kier alpha value is -3.13. The second-order valence-electron chi connectivity index (χ2n) is 8.30. The van der Waals surface area contributed by atoms with Crippen LogP contribution in [0.4, 0.5) is 23.7 Å². The van der Waals surface area contributed by atoms with Gasteiger partial charge < -0.3 is 14.8 Å². The molecule has 1 aromatic carbocycles. The molecule has 8 nitrogen and oxygen atoms in total. The molecule has 3 heterocycles. The van der Waals surface area contributed by atoms with Crippen molar-refractivity contribution in [1.29, 1.82) is 5.26 Å². The molecular weight excluding hydrogens is 419 g/mol. The largest absolute Gasteiger partial charge is 0.453 e. The summed E-state index contributed by atoms with van der Waals surface area (Å²) in [4.78, 5) is 38.9. The number of methoxy groups -OCH3 is 1. The van der Waals surface area contributed by atoms with Crippen LogP contribution < -0.4 is 10.2 Å². The van der Waals surface area contributed by atoms with Crippen molar-refractivity contribution in [2.45, 2.75) is 43.7 Å². The summed E-state index contributed by atoms with van der Waals surface area (Å²) in [5.41, 5.74) is -4.44. The molecule has 4 rings (SSSR count). The number of hydrogen-bond acceptors (Lipinski definition) is 6. The number of rotatable bonds is 2. The summed E-state index contributed by atoms with van der Waals surface area (Å²) in [5, 5.41) is 11.6. The van der Waals surface area contributed by atoms with E-state index >= 15 is 0 Å². The highest BCUT2D eigenvalue weighted by atomic mass is 19.4. The summed E-state index contributed by atoms with van der Waals surface area (Å²) < 4.78 is 50.8. The number of carbonyl (C=O) groups excluding carboxylic acids is 3. The van der Waals surface area contributed by atoms with E-state index in [4.69, 9.17) is 10.00 Å². The van der Waals surface area contributed by atoms with Crippen LogP contribution in [0.2, 0.25) is 0 Å². The molecule has 164 valence electrons. The Morgan fingerprint density at radius 1 is 1.29 bits per heavy atom. The van der Waals surface area contributed by atoms with Crippen LogP contribution in [0, 0.1) is 23.2 Å². The number of benzene rings is 1. The number of alkyl halides is 3. The Morgan fingerprint density at radius 2 is 1.94 bits per heavy atom. The van der Waals surface area contributed by atoms with Gasteiger partial charge in [0.1, 0.15) is 0 Å². The summed E-state index contributed by atoms with van der Waals surface area (Å²) in [6.07, 6.45) is -5.33. The average molecular weight is 437 g/mol. The van der Waals surface area contributed by atoms with Crippen molar-refractivity contribution in [3.63, 3.8) is 0 Å². The van der Waals surface area contributed by atoms with Crippen LogP contribution >= 0.6 is 0 Å². The van der Waals surface area contributed by atoms with E-state index < -0.39 is 64.3 Å². The Balaban J connectivity index is 1.75. The Kier molecular flexibility index (Phi) is 4.38. The maximum absolute atomic E-state index is 13.4. The van der Waals surface area contributed by atoms with Gasteiger partial charge >= 0.3 is 12.3 Å². The predicted molar refractivity (Wildman–Crippen MR) is 97.5 cm³/mol. The highest BCUT2D eigenvalue weighted by molar-refractivity contribution is 6.23. The molecule has 1 aromatic rings. The lowest BCUT2D eigenvalue weighted by Gasteiger charge is -2.35. The van der Waals surface area contributed by atoms with Crippen LogP contribution in [0.3, 0.4) is 0 Å². The lowest BCUT2D eigenvalue weighted by Crippen LogP contribution is -2.56. The van der Waals surface area contributed by atoms with Crippen LogP contribution in [-0.2, 0) is 25.2 Å². The van der Waals surface area contributed by atoms with Crippen LogP contribution in [0.1, 0.15) is 31.4 Å². The number of nitrogens with zero attached hydrogens (tertiary/aromatic N) is 2. The van der Waals surface area contributed by atoms with Gasteiger partial charge in [-0.3, -0.25) is 9.59 Å². The number of amides is 3. The molecule has 0 spiro atoms. The third kappa shape index (κ3) is 2.81. The number of nitriles is 1. The van der Waals surface area contributed by atoms with E-state index in [1.807, 2.05) is 0 Å². The highest BCUT2D eigenvalue weighted by Gasteiger charge is 2.76. The zero-order chi connectivity index (χ0) is 22.9. The summed E-state index contributed by atoms with van der Waals surface area (Å²) in [5.74, 6) is -3.29. The van der Waals surface area contributed by atoms with Crippen LogP contribution in [-0.4, -0.2) is 42.3 Å². The van der Waals surface area contributed by atoms with Crippen molar-refractivity contribution in [2.24, 2.45) is 11.8 Å². The SMILES string of the molecule is COC(=O)N[C@H]1C[C@@]2(C)O[C@@]1(C)[C@H]1C(=O)N(c3ccc(C#N)c(C(F)(F)F)c3)C(=O)[C@H]12. The normalized spacial score (nSPS) is 34.0. The number of hydrogen-bond donors (Lipinski definition) is 1. The van der Waals surface area contributed by atoms with Crippen LogP contribution in [0.5, 0.6) is 0 Å². The maximum atomic E-state index is 13.4. The number of nitrogens with one attached hydrogen (secondary N) is 1. The number of halogens is 3. The summed E-state index contributed by atoms with van der Waals surface area (Å²) in [7, 11) is 1.19. The Morgan fingerprint density at radius 3 is 2.52 bits per heavy atom. The van der Waals surface area contributed by atoms with Crippen molar-refractivity contribution in [1.82, 2.24) is 5.32 Å². The minimum atomic E-state index is -4.83. The van der Waals surface area contributed by atoms with E-state index in [0.717, 1.165) is 17.0 Å². The fraction of sp³-hybridized carbons (Fsp3) is 0.500. The third-order valence-corrected chi connectivity index (χ3v) is 6.50. The molecule has 0 aromatic heterocycles. The molecule has 3 amide bonds. The molecule has 0 saturated carbocycles. The van der Waals surface area contributed by atoms with E-state index in [1.165, 1.54) is 13.2 Å².